The molecule has 1 N–H and O–H groups in total. The van der Waals surface area contributed by atoms with Crippen LogP contribution in [0.15, 0.2) is 30.3 Å². The lowest BCUT2D eigenvalue weighted by Gasteiger charge is -2.27. The summed E-state index contributed by atoms with van der Waals surface area (Å²) in [6.45, 7) is -1.21. The van der Waals surface area contributed by atoms with Crippen molar-refractivity contribution in [3.63, 3.8) is 0 Å². The van der Waals surface area contributed by atoms with Gasteiger partial charge in [-0.25, -0.2) is 0 Å². The van der Waals surface area contributed by atoms with E-state index >= 15 is 0 Å². The fraction of sp³-hybridized carbons (Fsp3) is 0.417. The zero-order valence-electron chi connectivity index (χ0n) is 12.9. The number of carbonyl (C=O) groups is 1. The Bertz CT molecular complexity index is 653. The lowest BCUT2D eigenvalue weighted by atomic mass is 9.99. The Balaban J connectivity index is 3.15. The lowest BCUT2D eigenvalue weighted by molar-refractivity contribution is -0.814. The Morgan fingerprint density at radius 2 is 1.50 bits per heavy atom. The van der Waals surface area contributed by atoms with E-state index in [2.05, 4.69) is 14.5 Å². The number of benzene rings is 1. The van der Waals surface area contributed by atoms with Crippen LogP contribution in [0, 0.1) is 30.3 Å². The molecule has 0 saturated carbocycles. The Morgan fingerprint density at radius 3 is 1.96 bits per heavy atom. The topological polar surface area (TPSA) is 194 Å². The van der Waals surface area contributed by atoms with E-state index in [1.54, 1.807) is 18.2 Å². The molecule has 142 valence electrons. The maximum Gasteiger partial charge on any atom is 0.295 e. The van der Waals surface area contributed by atoms with Gasteiger partial charge in [-0.15, -0.1) is 30.3 Å². The van der Waals surface area contributed by atoms with Crippen molar-refractivity contribution in [2.45, 2.75) is 24.7 Å². The smallest absolute Gasteiger partial charge is 0.295 e. The average Bonchev–Trinajstić information content (AvgIpc) is 2.56. The van der Waals surface area contributed by atoms with Gasteiger partial charge in [0.25, 0.3) is 15.3 Å². The third-order valence-corrected chi connectivity index (χ3v) is 3.01. The SMILES string of the molecule is O=C(Cc1ccccc1)[C@H](O[N+](=O)[O-])[C@@H](O[N+](=O)[O-])[C@H](CO)O[N+](=O)[O-]. The summed E-state index contributed by atoms with van der Waals surface area (Å²) >= 11 is 0. The second-order valence-corrected chi connectivity index (χ2v) is 4.72. The minimum Gasteiger partial charge on any atom is -0.394 e. The molecule has 14 heteroatoms. The number of rotatable bonds is 12. The van der Waals surface area contributed by atoms with Gasteiger partial charge >= 0.3 is 0 Å². The van der Waals surface area contributed by atoms with Crippen molar-refractivity contribution in [3.05, 3.63) is 66.2 Å². The molecule has 0 fully saturated rings. The first kappa shape index (κ1) is 20.5. The molecule has 1 rings (SSSR count). The standard InChI is InChI=1S/C12H13N3O11/c16-7-10(24-13(18)19)12(26-15(22)23)11(25-14(20)21)9(17)6-8-4-2-1-3-5-8/h1-5,10-12,16H,6-7H2/t10-,11-,12-/m0/s1. The molecule has 3 atom stereocenters. The molecule has 1 aromatic carbocycles. The van der Waals surface area contributed by atoms with Gasteiger partial charge in [0.05, 0.1) is 6.61 Å². The van der Waals surface area contributed by atoms with E-state index in [9.17, 15) is 35.1 Å². The molecule has 1 aromatic rings. The number of carbonyl (C=O) groups excluding carboxylic acids is 1. The van der Waals surface area contributed by atoms with Gasteiger partial charge in [-0.3, -0.25) is 4.79 Å². The van der Waals surface area contributed by atoms with E-state index in [1.807, 2.05) is 0 Å². The van der Waals surface area contributed by atoms with Crippen molar-refractivity contribution in [1.29, 1.82) is 0 Å². The van der Waals surface area contributed by atoms with Crippen LogP contribution >= 0.6 is 0 Å². The maximum atomic E-state index is 12.3. The van der Waals surface area contributed by atoms with Crippen LogP contribution in [-0.2, 0) is 25.7 Å². The molecule has 0 radical (unpaired) electrons. The Morgan fingerprint density at radius 1 is 0.962 bits per heavy atom. The number of Topliss-reactive ketones (excluding diaryl/α,β-unsaturated/α-hetero) is 1. The average molecular weight is 375 g/mol. The number of ketones is 1. The van der Waals surface area contributed by atoms with Gasteiger partial charge in [0.2, 0.25) is 0 Å². The number of aliphatic hydroxyl groups excluding tert-OH is 1. The number of hydrogen-bond acceptors (Lipinski definition) is 11. The van der Waals surface area contributed by atoms with Crippen LogP contribution in [0.1, 0.15) is 5.56 Å². The summed E-state index contributed by atoms with van der Waals surface area (Å²) in [7, 11) is 0. The predicted molar refractivity (Wildman–Crippen MR) is 77.8 cm³/mol. The van der Waals surface area contributed by atoms with Crippen LogP contribution < -0.4 is 0 Å². The van der Waals surface area contributed by atoms with Crippen LogP contribution in [0.2, 0.25) is 0 Å². The largest absolute Gasteiger partial charge is 0.394 e. The normalized spacial score (nSPS) is 13.7. The van der Waals surface area contributed by atoms with E-state index in [0.717, 1.165) is 0 Å². The molecule has 0 aliphatic heterocycles. The highest BCUT2D eigenvalue weighted by molar-refractivity contribution is 5.85. The fourth-order valence-electron chi connectivity index (χ4n) is 2.02. The summed E-state index contributed by atoms with van der Waals surface area (Å²) in [5.41, 5.74) is 0.394. The minimum absolute atomic E-state index is 0.394. The quantitative estimate of drug-likeness (QED) is 0.366. The van der Waals surface area contributed by atoms with E-state index in [4.69, 9.17) is 5.11 Å². The molecule has 26 heavy (non-hydrogen) atoms. The van der Waals surface area contributed by atoms with Gasteiger partial charge in [0.15, 0.2) is 24.1 Å². The lowest BCUT2D eigenvalue weighted by Crippen LogP contribution is -2.51. The van der Waals surface area contributed by atoms with Crippen molar-refractivity contribution in [2.24, 2.45) is 0 Å². The predicted octanol–water partition coefficient (Wildman–Crippen LogP) is -0.479. The van der Waals surface area contributed by atoms with Crippen LogP contribution in [0.3, 0.4) is 0 Å². The van der Waals surface area contributed by atoms with Crippen molar-refractivity contribution < 1.29 is 39.7 Å². The van der Waals surface area contributed by atoms with Crippen LogP contribution in [0.25, 0.3) is 0 Å². The molecule has 0 amide bonds. The van der Waals surface area contributed by atoms with Crippen molar-refractivity contribution >= 4 is 5.78 Å². The van der Waals surface area contributed by atoms with E-state index in [1.165, 1.54) is 12.1 Å². The Labute approximate surface area is 144 Å². The van der Waals surface area contributed by atoms with Crippen LogP contribution in [0.5, 0.6) is 0 Å². The monoisotopic (exact) mass is 375 g/mol. The fourth-order valence-corrected chi connectivity index (χ4v) is 2.02. The summed E-state index contributed by atoms with van der Waals surface area (Å²) in [6, 6.07) is 7.79. The molecule has 0 bridgehead atoms. The third-order valence-electron chi connectivity index (χ3n) is 3.01. The highest BCUT2D eigenvalue weighted by Crippen LogP contribution is 2.16. The molecule has 0 aliphatic rings. The molecular weight excluding hydrogens is 362 g/mol. The maximum absolute atomic E-state index is 12.3. The highest BCUT2D eigenvalue weighted by atomic mass is 17.0. The van der Waals surface area contributed by atoms with Gasteiger partial charge in [0.1, 0.15) is 0 Å². The van der Waals surface area contributed by atoms with Gasteiger partial charge in [0, 0.05) is 6.42 Å². The van der Waals surface area contributed by atoms with Crippen molar-refractivity contribution in [2.75, 3.05) is 6.61 Å². The summed E-state index contributed by atoms with van der Waals surface area (Å²) in [5, 5.41) is 36.6. The molecule has 0 spiro atoms. The number of nitrogens with zero attached hydrogens (tertiary/aromatic N) is 3. The number of aliphatic hydroxyl groups is 1. The minimum atomic E-state index is -2.26. The molecular formula is C12H13N3O11. The van der Waals surface area contributed by atoms with Gasteiger partial charge < -0.3 is 19.6 Å². The van der Waals surface area contributed by atoms with Crippen molar-refractivity contribution in [3.8, 4) is 0 Å². The van der Waals surface area contributed by atoms with E-state index in [-0.39, 0.29) is 0 Å². The third kappa shape index (κ3) is 6.52. The summed E-state index contributed by atoms with van der Waals surface area (Å²) in [5.74, 6) is -1.05. The Kier molecular flexibility index (Phi) is 7.63. The molecule has 0 unspecified atom stereocenters. The first-order valence-corrected chi connectivity index (χ1v) is 6.85. The van der Waals surface area contributed by atoms with Crippen molar-refractivity contribution in [1.82, 2.24) is 0 Å². The second kappa shape index (κ2) is 9.67. The molecule has 0 aliphatic carbocycles. The van der Waals surface area contributed by atoms with Gasteiger partial charge in [-0.05, 0) is 5.56 Å². The Hall–Kier alpha value is -3.55. The number of hydrogen-bond donors (Lipinski definition) is 1. The van der Waals surface area contributed by atoms with E-state index in [0.29, 0.717) is 5.56 Å². The summed E-state index contributed by atoms with van der Waals surface area (Å²) in [6.07, 6.45) is -7.05. The molecule has 0 aromatic heterocycles. The zero-order valence-corrected chi connectivity index (χ0v) is 12.9. The first-order valence-electron chi connectivity index (χ1n) is 6.85. The van der Waals surface area contributed by atoms with Crippen LogP contribution in [-0.4, -0.2) is 51.1 Å². The zero-order chi connectivity index (χ0) is 19.7. The molecule has 14 nitrogen and oxygen atoms in total. The van der Waals surface area contributed by atoms with Gasteiger partial charge in [-0.2, -0.15) is 0 Å². The highest BCUT2D eigenvalue weighted by Gasteiger charge is 2.42. The van der Waals surface area contributed by atoms with E-state index < -0.39 is 52.4 Å². The summed E-state index contributed by atoms with van der Waals surface area (Å²) < 4.78 is 0. The van der Waals surface area contributed by atoms with Crippen LogP contribution in [0.4, 0.5) is 0 Å². The summed E-state index contributed by atoms with van der Waals surface area (Å²) in [4.78, 5) is 56.3. The molecule has 0 heterocycles. The second-order valence-electron chi connectivity index (χ2n) is 4.72. The first-order chi connectivity index (χ1) is 12.2. The molecule has 0 saturated heterocycles. The van der Waals surface area contributed by atoms with Gasteiger partial charge in [-0.1, -0.05) is 30.3 Å².